The van der Waals surface area contributed by atoms with E-state index in [1.165, 1.54) is 54.4 Å². The molecule has 3 aliphatic carbocycles. The molecule has 0 bridgehead atoms. The highest BCUT2D eigenvalue weighted by molar-refractivity contribution is 5.88. The van der Waals surface area contributed by atoms with Gasteiger partial charge in [-0.25, -0.2) is 0 Å². The summed E-state index contributed by atoms with van der Waals surface area (Å²) < 4.78 is 0. The highest BCUT2D eigenvalue weighted by Gasteiger charge is 2.39. The molecule has 3 nitrogen and oxygen atoms in total. The van der Waals surface area contributed by atoms with Gasteiger partial charge in [0.25, 0.3) is 0 Å². The predicted octanol–water partition coefficient (Wildman–Crippen LogP) is 7.07. The summed E-state index contributed by atoms with van der Waals surface area (Å²) in [6.07, 6.45) is 12.9. The second-order valence-corrected chi connectivity index (χ2v) is 11.5. The molecule has 0 saturated heterocycles. The topological polar surface area (TPSA) is 49.9 Å². The second kappa shape index (κ2) is 10.2. The Bertz CT molecular complexity index is 1270. The number of hydrogen-bond donors (Lipinski definition) is 1. The molecule has 0 spiro atoms. The molecule has 0 radical (unpaired) electrons. The molecule has 2 aromatic carbocycles. The summed E-state index contributed by atoms with van der Waals surface area (Å²) in [5.41, 5.74) is 6.75. The first-order valence-electron chi connectivity index (χ1n) is 14.0. The SMILES string of the molecule is O=C1CC(C2CCC(c3ccccc3)CC2)CC1c1ccc2c(c1)CCC2CCc1cc[nH]c(=O)c1. The predicted molar refractivity (Wildman–Crippen MR) is 145 cm³/mol. The average molecular weight is 480 g/mol. The van der Waals surface area contributed by atoms with Crippen molar-refractivity contribution >= 4 is 5.78 Å². The maximum atomic E-state index is 13.1. The van der Waals surface area contributed by atoms with E-state index in [9.17, 15) is 9.59 Å². The molecule has 36 heavy (non-hydrogen) atoms. The van der Waals surface area contributed by atoms with E-state index in [-0.39, 0.29) is 11.5 Å². The van der Waals surface area contributed by atoms with Gasteiger partial charge in [0.2, 0.25) is 5.56 Å². The van der Waals surface area contributed by atoms with Crippen LogP contribution in [0.1, 0.15) is 96.9 Å². The van der Waals surface area contributed by atoms with Gasteiger partial charge in [0, 0.05) is 24.6 Å². The Hall–Kier alpha value is -2.94. The highest BCUT2D eigenvalue weighted by atomic mass is 16.1. The molecule has 2 fully saturated rings. The zero-order valence-corrected chi connectivity index (χ0v) is 21.1. The van der Waals surface area contributed by atoms with Gasteiger partial charge in [-0.15, -0.1) is 0 Å². The van der Waals surface area contributed by atoms with Crippen LogP contribution in [0.25, 0.3) is 0 Å². The Morgan fingerprint density at radius 1 is 0.806 bits per heavy atom. The fraction of sp³-hybridized carbons (Fsp3) is 0.455. The lowest BCUT2D eigenvalue weighted by Crippen LogP contribution is -2.19. The number of aryl methyl sites for hydroxylation is 2. The number of hydrogen-bond acceptors (Lipinski definition) is 2. The summed E-state index contributed by atoms with van der Waals surface area (Å²) in [7, 11) is 0. The number of aromatic nitrogens is 1. The summed E-state index contributed by atoms with van der Waals surface area (Å²) >= 11 is 0. The van der Waals surface area contributed by atoms with Crippen molar-refractivity contribution in [3.05, 3.63) is 105 Å². The molecule has 1 N–H and O–H groups in total. The lowest BCUT2D eigenvalue weighted by molar-refractivity contribution is -0.118. The fourth-order valence-corrected chi connectivity index (χ4v) is 7.48. The van der Waals surface area contributed by atoms with Crippen molar-refractivity contribution in [3.63, 3.8) is 0 Å². The maximum Gasteiger partial charge on any atom is 0.248 e. The molecule has 186 valence electrons. The Labute approximate surface area is 214 Å². The number of rotatable bonds is 6. The minimum atomic E-state index is -0.0206. The Morgan fingerprint density at radius 2 is 1.64 bits per heavy atom. The van der Waals surface area contributed by atoms with E-state index in [1.54, 1.807) is 12.3 Å². The Balaban J connectivity index is 1.07. The quantitative estimate of drug-likeness (QED) is 0.411. The number of H-pyrrole nitrogens is 1. The van der Waals surface area contributed by atoms with E-state index in [0.717, 1.165) is 37.7 Å². The first-order valence-corrected chi connectivity index (χ1v) is 14.0. The van der Waals surface area contributed by atoms with Gasteiger partial charge in [0.05, 0.1) is 0 Å². The standard InChI is InChI=1S/C33H37NO2/c35-32-21-29(25-10-8-24(9-11-25)23-4-2-1-3-5-23)20-31(32)28-14-15-30-26(12-13-27(30)19-28)7-6-22-16-17-34-33(36)18-22/h1-5,14-19,24-26,29,31H,6-13,20-21H2,(H,34,36). The van der Waals surface area contributed by atoms with Crippen LogP contribution in [-0.2, 0) is 17.6 Å². The molecule has 3 aliphatic rings. The van der Waals surface area contributed by atoms with Crippen molar-refractivity contribution in [1.82, 2.24) is 4.98 Å². The van der Waals surface area contributed by atoms with Crippen LogP contribution in [0, 0.1) is 11.8 Å². The zero-order valence-electron chi connectivity index (χ0n) is 21.1. The van der Waals surface area contributed by atoms with Crippen molar-refractivity contribution < 1.29 is 4.79 Å². The molecule has 3 atom stereocenters. The minimum absolute atomic E-state index is 0.0206. The van der Waals surface area contributed by atoms with E-state index in [0.29, 0.717) is 29.5 Å². The normalized spacial score (nSPS) is 27.8. The number of pyridine rings is 1. The van der Waals surface area contributed by atoms with E-state index in [1.807, 2.05) is 6.07 Å². The number of nitrogens with one attached hydrogen (secondary N) is 1. The van der Waals surface area contributed by atoms with E-state index in [2.05, 4.69) is 53.5 Å². The van der Waals surface area contributed by atoms with Gasteiger partial charge >= 0.3 is 0 Å². The first kappa shape index (κ1) is 23.5. The van der Waals surface area contributed by atoms with Crippen LogP contribution in [0.3, 0.4) is 0 Å². The second-order valence-electron chi connectivity index (χ2n) is 11.5. The molecular formula is C33H37NO2. The van der Waals surface area contributed by atoms with Gasteiger partial charge in [-0.3, -0.25) is 9.59 Å². The van der Waals surface area contributed by atoms with Gasteiger partial charge in [-0.1, -0.05) is 48.5 Å². The van der Waals surface area contributed by atoms with Crippen LogP contribution >= 0.6 is 0 Å². The number of carbonyl (C=O) groups is 1. The summed E-state index contributed by atoms with van der Waals surface area (Å²) in [5.74, 6) is 3.09. The van der Waals surface area contributed by atoms with E-state index < -0.39 is 0 Å². The summed E-state index contributed by atoms with van der Waals surface area (Å²) in [4.78, 5) is 27.4. The first-order chi connectivity index (χ1) is 17.6. The minimum Gasteiger partial charge on any atom is -0.329 e. The molecule has 0 amide bonds. The number of ketones is 1. The molecule has 3 aromatic rings. The van der Waals surface area contributed by atoms with Crippen LogP contribution in [0.15, 0.2) is 71.7 Å². The molecule has 3 unspecified atom stereocenters. The molecule has 6 rings (SSSR count). The molecule has 0 aliphatic heterocycles. The van der Waals surface area contributed by atoms with E-state index >= 15 is 0 Å². The van der Waals surface area contributed by atoms with Crippen molar-refractivity contribution in [1.29, 1.82) is 0 Å². The third-order valence-electron chi connectivity index (χ3n) is 9.49. The van der Waals surface area contributed by atoms with Gasteiger partial charge in [-0.2, -0.15) is 0 Å². The van der Waals surface area contributed by atoms with E-state index in [4.69, 9.17) is 0 Å². The monoisotopic (exact) mass is 479 g/mol. The lowest BCUT2D eigenvalue weighted by atomic mass is 9.73. The third-order valence-corrected chi connectivity index (χ3v) is 9.49. The number of aromatic amines is 1. The molecule has 1 heterocycles. The van der Waals surface area contributed by atoms with Crippen molar-refractivity contribution in [3.8, 4) is 0 Å². The number of carbonyl (C=O) groups excluding carboxylic acids is 1. The van der Waals surface area contributed by atoms with Crippen molar-refractivity contribution in [2.24, 2.45) is 11.8 Å². The largest absolute Gasteiger partial charge is 0.329 e. The van der Waals surface area contributed by atoms with Crippen molar-refractivity contribution in [2.75, 3.05) is 0 Å². The van der Waals surface area contributed by atoms with Crippen LogP contribution in [0.2, 0.25) is 0 Å². The van der Waals surface area contributed by atoms with Crippen molar-refractivity contribution in [2.45, 2.75) is 82.0 Å². The molecule has 1 aromatic heterocycles. The summed E-state index contributed by atoms with van der Waals surface area (Å²) in [6, 6.07) is 21.6. The van der Waals surface area contributed by atoms with Gasteiger partial charge < -0.3 is 4.98 Å². The lowest BCUT2D eigenvalue weighted by Gasteiger charge is -2.32. The smallest absolute Gasteiger partial charge is 0.248 e. The summed E-state index contributed by atoms with van der Waals surface area (Å²) in [6.45, 7) is 0. The summed E-state index contributed by atoms with van der Waals surface area (Å²) in [5, 5.41) is 0. The van der Waals surface area contributed by atoms with Crippen LogP contribution in [0.5, 0.6) is 0 Å². The number of benzene rings is 2. The van der Waals surface area contributed by atoms with Crippen LogP contribution in [-0.4, -0.2) is 10.8 Å². The van der Waals surface area contributed by atoms with Crippen LogP contribution < -0.4 is 5.56 Å². The zero-order chi connectivity index (χ0) is 24.5. The van der Waals surface area contributed by atoms with Gasteiger partial charge in [0.15, 0.2) is 0 Å². The Kier molecular flexibility index (Phi) is 6.65. The molecular weight excluding hydrogens is 442 g/mol. The maximum absolute atomic E-state index is 13.1. The van der Waals surface area contributed by atoms with Crippen LogP contribution in [0.4, 0.5) is 0 Å². The fourth-order valence-electron chi connectivity index (χ4n) is 7.48. The Morgan fingerprint density at radius 3 is 2.44 bits per heavy atom. The third kappa shape index (κ3) is 4.85. The molecule has 3 heteroatoms. The number of Topliss-reactive ketones (excluding diaryl/α,β-unsaturated/α-hetero) is 1. The highest BCUT2D eigenvalue weighted by Crippen LogP contribution is 2.47. The van der Waals surface area contributed by atoms with Gasteiger partial charge in [0.1, 0.15) is 5.78 Å². The van der Waals surface area contributed by atoms with Gasteiger partial charge in [-0.05, 0) is 115 Å². The molecule has 2 saturated carbocycles. The average Bonchev–Trinajstić information content (AvgIpc) is 3.51. The number of fused-ring (bicyclic) bond motifs is 1.